The Morgan fingerprint density at radius 2 is 1.50 bits per heavy atom. The number of hydrogen-bond acceptors (Lipinski definition) is 2. The Kier molecular flexibility index (Phi) is 3.55. The maximum Gasteiger partial charge on any atom is 0.183 e. The standard InChI is InChI=1S/C12H16O2/c1-3-7-11(8-4-1)12-13-9-5-2-6-10-14-12/h1,3-4,7-8,12H,2,5-6,9-10H2. The lowest BCUT2D eigenvalue weighted by Crippen LogP contribution is -2.13. The van der Waals surface area contributed by atoms with Gasteiger partial charge in [0.2, 0.25) is 0 Å². The SMILES string of the molecule is c1ccc(C2OCCCCCO2)cc1. The van der Waals surface area contributed by atoms with Crippen LogP contribution in [0.4, 0.5) is 0 Å². The van der Waals surface area contributed by atoms with Crippen molar-refractivity contribution >= 4 is 0 Å². The van der Waals surface area contributed by atoms with Gasteiger partial charge in [0.25, 0.3) is 0 Å². The number of hydrogen-bond donors (Lipinski definition) is 0. The van der Waals surface area contributed by atoms with Crippen molar-refractivity contribution in [3.63, 3.8) is 0 Å². The van der Waals surface area contributed by atoms with Crippen molar-refractivity contribution in [1.29, 1.82) is 0 Å². The van der Waals surface area contributed by atoms with Crippen LogP contribution >= 0.6 is 0 Å². The molecule has 0 atom stereocenters. The summed E-state index contributed by atoms with van der Waals surface area (Å²) in [7, 11) is 0. The average Bonchev–Trinajstić information content (AvgIpc) is 2.18. The fraction of sp³-hybridized carbons (Fsp3) is 0.500. The Labute approximate surface area is 84.8 Å². The van der Waals surface area contributed by atoms with Gasteiger partial charge in [-0.25, -0.2) is 0 Å². The molecule has 1 saturated heterocycles. The minimum Gasteiger partial charge on any atom is -0.348 e. The van der Waals surface area contributed by atoms with Crippen LogP contribution in [-0.4, -0.2) is 13.2 Å². The lowest BCUT2D eigenvalue weighted by atomic mass is 10.2. The molecular formula is C12H16O2. The van der Waals surface area contributed by atoms with E-state index in [0.717, 1.165) is 31.6 Å². The topological polar surface area (TPSA) is 18.5 Å². The highest BCUT2D eigenvalue weighted by Gasteiger charge is 2.13. The van der Waals surface area contributed by atoms with Crippen LogP contribution in [0.2, 0.25) is 0 Å². The molecule has 1 aliphatic heterocycles. The van der Waals surface area contributed by atoms with Gasteiger partial charge < -0.3 is 9.47 Å². The van der Waals surface area contributed by atoms with E-state index in [0.29, 0.717) is 0 Å². The van der Waals surface area contributed by atoms with Crippen molar-refractivity contribution in [2.45, 2.75) is 25.6 Å². The van der Waals surface area contributed by atoms with Crippen LogP contribution in [0.25, 0.3) is 0 Å². The van der Waals surface area contributed by atoms with E-state index in [9.17, 15) is 0 Å². The van der Waals surface area contributed by atoms with Gasteiger partial charge in [0.05, 0.1) is 13.2 Å². The molecule has 1 aromatic rings. The fourth-order valence-electron chi connectivity index (χ4n) is 1.61. The summed E-state index contributed by atoms with van der Waals surface area (Å²) in [5.74, 6) is 0. The van der Waals surface area contributed by atoms with Crippen molar-refractivity contribution in [2.75, 3.05) is 13.2 Å². The van der Waals surface area contributed by atoms with Crippen LogP contribution in [-0.2, 0) is 9.47 Å². The fourth-order valence-corrected chi connectivity index (χ4v) is 1.61. The van der Waals surface area contributed by atoms with Crippen LogP contribution in [0.15, 0.2) is 30.3 Å². The largest absolute Gasteiger partial charge is 0.348 e. The van der Waals surface area contributed by atoms with E-state index < -0.39 is 0 Å². The summed E-state index contributed by atoms with van der Waals surface area (Å²) in [6, 6.07) is 10.1. The zero-order chi connectivity index (χ0) is 9.64. The quantitative estimate of drug-likeness (QED) is 0.681. The Bertz CT molecular complexity index is 250. The highest BCUT2D eigenvalue weighted by atomic mass is 16.7. The molecule has 0 radical (unpaired) electrons. The monoisotopic (exact) mass is 192 g/mol. The molecule has 2 rings (SSSR count). The molecule has 0 amide bonds. The van der Waals surface area contributed by atoms with Crippen molar-refractivity contribution in [3.8, 4) is 0 Å². The summed E-state index contributed by atoms with van der Waals surface area (Å²) in [5.41, 5.74) is 1.12. The third-order valence-corrected chi connectivity index (χ3v) is 2.40. The molecule has 2 heteroatoms. The molecule has 1 aromatic carbocycles. The smallest absolute Gasteiger partial charge is 0.183 e. The van der Waals surface area contributed by atoms with Gasteiger partial charge in [-0.05, 0) is 19.3 Å². The minimum atomic E-state index is -0.156. The normalized spacial score (nSPS) is 20.0. The van der Waals surface area contributed by atoms with Crippen LogP contribution in [0.1, 0.15) is 31.1 Å². The maximum absolute atomic E-state index is 5.65. The second-order valence-electron chi connectivity index (χ2n) is 3.54. The zero-order valence-electron chi connectivity index (χ0n) is 8.32. The average molecular weight is 192 g/mol. The highest BCUT2D eigenvalue weighted by Crippen LogP contribution is 2.21. The summed E-state index contributed by atoms with van der Waals surface area (Å²) >= 11 is 0. The predicted molar refractivity (Wildman–Crippen MR) is 54.9 cm³/mol. The first-order valence-corrected chi connectivity index (χ1v) is 5.25. The molecule has 0 spiro atoms. The van der Waals surface area contributed by atoms with Crippen molar-refractivity contribution in [1.82, 2.24) is 0 Å². The molecule has 14 heavy (non-hydrogen) atoms. The second-order valence-corrected chi connectivity index (χ2v) is 3.54. The van der Waals surface area contributed by atoms with Gasteiger partial charge >= 0.3 is 0 Å². The Hall–Kier alpha value is -0.860. The maximum atomic E-state index is 5.65. The van der Waals surface area contributed by atoms with Gasteiger partial charge in [-0.15, -0.1) is 0 Å². The molecule has 76 valence electrons. The third-order valence-electron chi connectivity index (χ3n) is 2.40. The molecule has 0 bridgehead atoms. The summed E-state index contributed by atoms with van der Waals surface area (Å²) in [5, 5.41) is 0. The zero-order valence-corrected chi connectivity index (χ0v) is 8.32. The molecule has 0 saturated carbocycles. The van der Waals surface area contributed by atoms with Crippen molar-refractivity contribution in [2.24, 2.45) is 0 Å². The predicted octanol–water partition coefficient (Wildman–Crippen LogP) is 2.90. The summed E-state index contributed by atoms with van der Waals surface area (Å²) in [6.07, 6.45) is 3.34. The Balaban J connectivity index is 2.01. The van der Waals surface area contributed by atoms with E-state index in [1.54, 1.807) is 0 Å². The van der Waals surface area contributed by atoms with Gasteiger partial charge in [-0.3, -0.25) is 0 Å². The number of benzene rings is 1. The first-order valence-electron chi connectivity index (χ1n) is 5.25. The van der Waals surface area contributed by atoms with Gasteiger partial charge in [-0.1, -0.05) is 30.3 Å². The molecule has 1 fully saturated rings. The third kappa shape index (κ3) is 2.56. The Morgan fingerprint density at radius 1 is 0.857 bits per heavy atom. The molecule has 1 heterocycles. The van der Waals surface area contributed by atoms with Gasteiger partial charge in [0.15, 0.2) is 6.29 Å². The highest BCUT2D eigenvalue weighted by molar-refractivity contribution is 5.15. The first kappa shape index (κ1) is 9.69. The van der Waals surface area contributed by atoms with Gasteiger partial charge in [0.1, 0.15) is 0 Å². The van der Waals surface area contributed by atoms with E-state index in [1.807, 2.05) is 30.3 Å². The number of ether oxygens (including phenoxy) is 2. The van der Waals surface area contributed by atoms with Crippen LogP contribution < -0.4 is 0 Å². The summed E-state index contributed by atoms with van der Waals surface area (Å²) in [4.78, 5) is 0. The second kappa shape index (κ2) is 5.13. The Morgan fingerprint density at radius 3 is 2.14 bits per heavy atom. The van der Waals surface area contributed by atoms with Crippen molar-refractivity contribution < 1.29 is 9.47 Å². The van der Waals surface area contributed by atoms with Crippen LogP contribution in [0.3, 0.4) is 0 Å². The van der Waals surface area contributed by atoms with E-state index in [2.05, 4.69) is 0 Å². The van der Waals surface area contributed by atoms with Gasteiger partial charge in [-0.2, -0.15) is 0 Å². The first-order chi connectivity index (χ1) is 6.97. The minimum absolute atomic E-state index is 0.156. The summed E-state index contributed by atoms with van der Waals surface area (Å²) in [6.45, 7) is 1.61. The van der Waals surface area contributed by atoms with Gasteiger partial charge in [0, 0.05) is 5.56 Å². The molecule has 0 aromatic heterocycles. The molecule has 0 aliphatic carbocycles. The van der Waals surface area contributed by atoms with E-state index in [4.69, 9.17) is 9.47 Å². The van der Waals surface area contributed by atoms with Crippen LogP contribution in [0, 0.1) is 0 Å². The number of rotatable bonds is 1. The van der Waals surface area contributed by atoms with Crippen molar-refractivity contribution in [3.05, 3.63) is 35.9 Å². The van der Waals surface area contributed by atoms with E-state index in [-0.39, 0.29) is 6.29 Å². The molecular weight excluding hydrogens is 176 g/mol. The lowest BCUT2D eigenvalue weighted by Gasteiger charge is -2.21. The van der Waals surface area contributed by atoms with E-state index in [1.165, 1.54) is 6.42 Å². The molecule has 2 nitrogen and oxygen atoms in total. The molecule has 0 unspecified atom stereocenters. The summed E-state index contributed by atoms with van der Waals surface area (Å²) < 4.78 is 11.3. The molecule has 1 aliphatic rings. The van der Waals surface area contributed by atoms with E-state index >= 15 is 0 Å². The van der Waals surface area contributed by atoms with Crippen LogP contribution in [0.5, 0.6) is 0 Å². The lowest BCUT2D eigenvalue weighted by molar-refractivity contribution is -0.156. The molecule has 0 N–H and O–H groups in total.